The molecule has 0 spiro atoms. The standard InChI is InChI=1S/C32H37N7O5/c1-32(2,3)22-10-12-23(13-11-22)38(17-20-6-8-21(9-7-20)27(40)33-30-34-36-37-35-30)31(43)44-24-14-15-25-26(16-24)29(42)39(28(25)41)18-19-4-5-19/h6-9,14-16,19,22-23H,4-5,10-13,17-18H2,1-3H3,(H2,33,34,35,36,37,40). The van der Waals surface area contributed by atoms with E-state index in [0.717, 1.165) is 44.1 Å². The van der Waals surface area contributed by atoms with E-state index in [1.807, 2.05) is 0 Å². The van der Waals surface area contributed by atoms with Gasteiger partial charge in [0, 0.05) is 24.7 Å². The normalized spacial score (nSPS) is 19.9. The Morgan fingerprint density at radius 3 is 2.32 bits per heavy atom. The van der Waals surface area contributed by atoms with Crippen LogP contribution in [0.2, 0.25) is 0 Å². The van der Waals surface area contributed by atoms with Gasteiger partial charge in [0.15, 0.2) is 0 Å². The Morgan fingerprint density at radius 1 is 0.977 bits per heavy atom. The highest BCUT2D eigenvalue weighted by molar-refractivity contribution is 6.21. The minimum Gasteiger partial charge on any atom is -0.410 e. The molecule has 2 aliphatic carbocycles. The molecular formula is C32H37N7O5. The van der Waals surface area contributed by atoms with Gasteiger partial charge in [-0.25, -0.2) is 4.79 Å². The third-order valence-electron chi connectivity index (χ3n) is 9.02. The van der Waals surface area contributed by atoms with E-state index < -0.39 is 6.09 Å². The SMILES string of the molecule is CC(C)(C)C1CCC(N(Cc2ccc(C(=O)Nc3nn[nH]n3)cc2)C(=O)Oc2ccc3c(c2)C(=O)N(CC2CC2)C3=O)CC1. The van der Waals surface area contributed by atoms with Crippen LogP contribution in [0.5, 0.6) is 5.75 Å². The van der Waals surface area contributed by atoms with Gasteiger partial charge in [-0.15, -0.1) is 5.10 Å². The maximum Gasteiger partial charge on any atom is 0.415 e. The first-order chi connectivity index (χ1) is 21.1. The van der Waals surface area contributed by atoms with E-state index in [4.69, 9.17) is 4.74 Å². The molecule has 0 bridgehead atoms. The number of anilines is 1. The molecule has 0 atom stereocenters. The summed E-state index contributed by atoms with van der Waals surface area (Å²) >= 11 is 0. The van der Waals surface area contributed by atoms with Crippen molar-refractivity contribution in [2.45, 2.75) is 71.9 Å². The van der Waals surface area contributed by atoms with Crippen molar-refractivity contribution in [1.82, 2.24) is 30.4 Å². The molecule has 3 aromatic rings. The molecule has 1 aromatic heterocycles. The lowest BCUT2D eigenvalue weighted by atomic mass is 9.71. The molecule has 0 radical (unpaired) electrons. The van der Waals surface area contributed by atoms with Crippen molar-refractivity contribution in [3.8, 4) is 5.75 Å². The number of fused-ring (bicyclic) bond motifs is 1. The Labute approximate surface area is 255 Å². The summed E-state index contributed by atoms with van der Waals surface area (Å²) in [4.78, 5) is 55.2. The molecule has 12 heteroatoms. The molecule has 12 nitrogen and oxygen atoms in total. The fourth-order valence-corrected chi connectivity index (χ4v) is 6.16. The number of imide groups is 1. The van der Waals surface area contributed by atoms with Gasteiger partial charge in [-0.2, -0.15) is 5.21 Å². The van der Waals surface area contributed by atoms with E-state index in [1.54, 1.807) is 41.3 Å². The van der Waals surface area contributed by atoms with E-state index in [0.29, 0.717) is 29.5 Å². The van der Waals surface area contributed by atoms with Crippen molar-refractivity contribution in [2.24, 2.45) is 17.3 Å². The first-order valence-corrected chi connectivity index (χ1v) is 15.2. The first-order valence-electron chi connectivity index (χ1n) is 15.2. The predicted octanol–water partition coefficient (Wildman–Crippen LogP) is 5.06. The summed E-state index contributed by atoms with van der Waals surface area (Å²) in [7, 11) is 0. The summed E-state index contributed by atoms with van der Waals surface area (Å²) in [6, 6.07) is 11.6. The van der Waals surface area contributed by atoms with Gasteiger partial charge in [0.2, 0.25) is 0 Å². The molecule has 0 saturated heterocycles. The number of benzene rings is 2. The molecule has 2 saturated carbocycles. The number of tetrazole rings is 1. The number of ether oxygens (including phenoxy) is 1. The van der Waals surface area contributed by atoms with Gasteiger partial charge in [0.25, 0.3) is 23.7 Å². The van der Waals surface area contributed by atoms with Gasteiger partial charge < -0.3 is 9.64 Å². The summed E-state index contributed by atoms with van der Waals surface area (Å²) in [6.45, 7) is 7.49. The highest BCUT2D eigenvalue weighted by Gasteiger charge is 2.39. The Morgan fingerprint density at radius 2 is 1.68 bits per heavy atom. The van der Waals surface area contributed by atoms with Crippen molar-refractivity contribution in [3.63, 3.8) is 0 Å². The van der Waals surface area contributed by atoms with Crippen molar-refractivity contribution in [2.75, 3.05) is 11.9 Å². The number of hydrogen-bond donors (Lipinski definition) is 2. The zero-order valence-corrected chi connectivity index (χ0v) is 25.2. The Bertz CT molecular complexity index is 1550. The lowest BCUT2D eigenvalue weighted by Crippen LogP contribution is -2.44. The molecule has 2 heterocycles. The topological polar surface area (TPSA) is 150 Å². The molecule has 44 heavy (non-hydrogen) atoms. The molecule has 2 fully saturated rings. The van der Waals surface area contributed by atoms with E-state index in [2.05, 4.69) is 46.7 Å². The van der Waals surface area contributed by atoms with Gasteiger partial charge >= 0.3 is 6.09 Å². The van der Waals surface area contributed by atoms with Crippen LogP contribution in [-0.4, -0.2) is 66.8 Å². The number of aromatic amines is 1. The van der Waals surface area contributed by atoms with Crippen LogP contribution in [0.3, 0.4) is 0 Å². The molecule has 4 amide bonds. The second-order valence-electron chi connectivity index (χ2n) is 13.1. The van der Waals surface area contributed by atoms with Crippen molar-refractivity contribution in [1.29, 1.82) is 0 Å². The summed E-state index contributed by atoms with van der Waals surface area (Å²) in [6.07, 6.45) is 5.22. The largest absolute Gasteiger partial charge is 0.415 e. The molecular weight excluding hydrogens is 562 g/mol. The number of rotatable bonds is 8. The highest BCUT2D eigenvalue weighted by atomic mass is 16.6. The number of amides is 4. The number of nitrogens with zero attached hydrogens (tertiary/aromatic N) is 5. The van der Waals surface area contributed by atoms with Gasteiger partial charge in [-0.3, -0.25) is 24.6 Å². The summed E-state index contributed by atoms with van der Waals surface area (Å²) in [5.74, 6) is 0.238. The second-order valence-corrected chi connectivity index (χ2v) is 13.1. The monoisotopic (exact) mass is 599 g/mol. The van der Waals surface area contributed by atoms with E-state index in [-0.39, 0.29) is 53.0 Å². The number of carbonyl (C=O) groups is 4. The zero-order chi connectivity index (χ0) is 31.0. The highest BCUT2D eigenvalue weighted by Crippen LogP contribution is 2.40. The van der Waals surface area contributed by atoms with E-state index in [1.165, 1.54) is 11.0 Å². The van der Waals surface area contributed by atoms with Crippen molar-refractivity contribution >= 4 is 29.8 Å². The number of hydrogen-bond acceptors (Lipinski definition) is 8. The molecule has 1 aliphatic heterocycles. The zero-order valence-electron chi connectivity index (χ0n) is 25.2. The molecule has 2 aromatic carbocycles. The van der Waals surface area contributed by atoms with Crippen LogP contribution in [-0.2, 0) is 6.54 Å². The number of aromatic nitrogens is 4. The molecule has 6 rings (SSSR count). The lowest BCUT2D eigenvalue weighted by molar-refractivity contribution is 0.0645. The van der Waals surface area contributed by atoms with Gasteiger partial charge in [0.1, 0.15) is 5.75 Å². The quantitative estimate of drug-likeness (QED) is 0.341. The smallest absolute Gasteiger partial charge is 0.410 e. The second kappa shape index (κ2) is 11.8. The van der Waals surface area contributed by atoms with E-state index in [9.17, 15) is 19.2 Å². The van der Waals surface area contributed by atoms with Crippen LogP contribution < -0.4 is 10.1 Å². The average Bonchev–Trinajstić information content (AvgIpc) is 3.63. The van der Waals surface area contributed by atoms with Crippen LogP contribution >= 0.6 is 0 Å². The maximum absolute atomic E-state index is 13.8. The summed E-state index contributed by atoms with van der Waals surface area (Å²) in [5.41, 5.74) is 2.05. The third-order valence-corrected chi connectivity index (χ3v) is 9.02. The Hall–Kier alpha value is -4.61. The Kier molecular flexibility index (Phi) is 7.91. The summed E-state index contributed by atoms with van der Waals surface area (Å²) in [5, 5.41) is 15.7. The van der Waals surface area contributed by atoms with Crippen LogP contribution in [0.25, 0.3) is 0 Å². The number of carbonyl (C=O) groups excluding carboxylic acids is 4. The van der Waals surface area contributed by atoms with Gasteiger partial charge in [-0.05, 0) is 96.9 Å². The van der Waals surface area contributed by atoms with Crippen LogP contribution in [0, 0.1) is 17.3 Å². The molecule has 0 unspecified atom stereocenters. The Balaban J connectivity index is 1.18. The predicted molar refractivity (Wildman–Crippen MR) is 160 cm³/mol. The molecule has 2 N–H and O–H groups in total. The maximum atomic E-state index is 13.8. The third kappa shape index (κ3) is 6.34. The van der Waals surface area contributed by atoms with Gasteiger partial charge in [0.05, 0.1) is 11.1 Å². The minimum atomic E-state index is -0.519. The van der Waals surface area contributed by atoms with Crippen LogP contribution in [0.4, 0.5) is 10.7 Å². The lowest BCUT2D eigenvalue weighted by Gasteiger charge is -2.40. The molecule has 230 valence electrons. The van der Waals surface area contributed by atoms with Gasteiger partial charge in [-0.1, -0.05) is 38.0 Å². The van der Waals surface area contributed by atoms with Crippen LogP contribution in [0.1, 0.15) is 95.9 Å². The number of H-pyrrole nitrogens is 1. The molecule has 3 aliphatic rings. The van der Waals surface area contributed by atoms with Crippen molar-refractivity contribution in [3.05, 3.63) is 64.7 Å². The summed E-state index contributed by atoms with van der Waals surface area (Å²) < 4.78 is 5.87. The van der Waals surface area contributed by atoms with Crippen LogP contribution in [0.15, 0.2) is 42.5 Å². The average molecular weight is 600 g/mol. The fraction of sp³-hybridized carbons (Fsp3) is 0.469. The number of nitrogens with one attached hydrogen (secondary N) is 2. The first kappa shape index (κ1) is 29.5. The minimum absolute atomic E-state index is 0.0333. The van der Waals surface area contributed by atoms with Crippen molar-refractivity contribution < 1.29 is 23.9 Å². The van der Waals surface area contributed by atoms with E-state index >= 15 is 0 Å². The fourth-order valence-electron chi connectivity index (χ4n) is 6.16.